The molecule has 0 aliphatic carbocycles. The van der Waals surface area contributed by atoms with Crippen molar-refractivity contribution >= 4 is 11.8 Å². The molecule has 190 valence electrons. The summed E-state index contributed by atoms with van der Waals surface area (Å²) in [4.78, 5) is 24.0. The van der Waals surface area contributed by atoms with Crippen LogP contribution in [0.15, 0.2) is 12.7 Å². The van der Waals surface area contributed by atoms with Gasteiger partial charge < -0.3 is 30.0 Å². The third kappa shape index (κ3) is 9.73. The van der Waals surface area contributed by atoms with Gasteiger partial charge in [-0.3, -0.25) is 9.59 Å². The minimum absolute atomic E-state index is 0.0446. The zero-order valence-corrected chi connectivity index (χ0v) is 20.5. The molecule has 33 heavy (non-hydrogen) atoms. The number of amides is 2. The van der Waals surface area contributed by atoms with Gasteiger partial charge in [0.1, 0.15) is 0 Å². The van der Waals surface area contributed by atoms with Crippen molar-refractivity contribution in [2.75, 3.05) is 26.8 Å². The van der Waals surface area contributed by atoms with Crippen LogP contribution in [-0.4, -0.2) is 67.8 Å². The van der Waals surface area contributed by atoms with E-state index in [0.717, 1.165) is 64.2 Å². The first-order valence-corrected chi connectivity index (χ1v) is 12.6. The molecule has 2 rings (SSSR count). The van der Waals surface area contributed by atoms with Crippen molar-refractivity contribution in [2.45, 2.75) is 102 Å². The lowest BCUT2D eigenvalue weighted by Gasteiger charge is -2.46. The number of methoxy groups -OCH3 is 1. The summed E-state index contributed by atoms with van der Waals surface area (Å²) in [5.41, 5.74) is 0. The molecule has 8 nitrogen and oxygen atoms in total. The molecule has 8 heteroatoms. The molecule has 0 aromatic carbocycles. The van der Waals surface area contributed by atoms with Crippen molar-refractivity contribution in [3.8, 4) is 0 Å². The van der Waals surface area contributed by atoms with E-state index in [4.69, 9.17) is 14.2 Å². The number of aliphatic hydroxyl groups is 1. The molecule has 1 spiro atoms. The summed E-state index contributed by atoms with van der Waals surface area (Å²) in [6, 6.07) is 0. The smallest absolute Gasteiger partial charge is 0.225 e. The molecule has 2 heterocycles. The Morgan fingerprint density at radius 1 is 1.18 bits per heavy atom. The Kier molecular flexibility index (Phi) is 12.4. The highest BCUT2D eigenvalue weighted by Gasteiger charge is 2.42. The monoisotopic (exact) mass is 468 g/mol. The number of rotatable bonds is 14. The van der Waals surface area contributed by atoms with E-state index < -0.39 is 17.8 Å². The normalized spacial score (nSPS) is 27.0. The number of hydrogen-bond acceptors (Lipinski definition) is 6. The van der Waals surface area contributed by atoms with Gasteiger partial charge in [0.2, 0.25) is 11.8 Å². The average Bonchev–Trinajstić information content (AvgIpc) is 2.82. The molecule has 0 radical (unpaired) electrons. The fourth-order valence-corrected chi connectivity index (χ4v) is 4.58. The van der Waals surface area contributed by atoms with Crippen molar-refractivity contribution in [3.05, 3.63) is 12.7 Å². The Bertz CT molecular complexity index is 612. The highest BCUT2D eigenvalue weighted by molar-refractivity contribution is 5.79. The topological polar surface area (TPSA) is 106 Å². The van der Waals surface area contributed by atoms with E-state index in [2.05, 4.69) is 17.2 Å². The first-order chi connectivity index (χ1) is 15.9. The quantitative estimate of drug-likeness (QED) is 0.267. The van der Waals surface area contributed by atoms with Crippen LogP contribution in [0, 0.1) is 5.92 Å². The van der Waals surface area contributed by atoms with E-state index in [1.165, 1.54) is 7.11 Å². The standard InChI is InChI=1S/C25H44N2O6/c1-4-5-9-20-10-6-14-25(32-20)15-7-11-21(33-25)12-8-16-26-24(30)19(2)22(28)18-27-23(29)13-17-31-3/h4,19-22,28H,1,5-18H2,2-3H3,(H,26,30)(H,27,29)/t19-,20+,21+,22-,25-/m0/s1. The molecule has 3 N–H and O–H groups in total. The lowest BCUT2D eigenvalue weighted by Crippen LogP contribution is -2.48. The summed E-state index contributed by atoms with van der Waals surface area (Å²) in [6.45, 7) is 6.38. The number of nitrogens with one attached hydrogen (secondary N) is 2. The van der Waals surface area contributed by atoms with Crippen molar-refractivity contribution < 1.29 is 28.9 Å². The number of carbonyl (C=O) groups excluding carboxylic acids is 2. The van der Waals surface area contributed by atoms with Crippen LogP contribution >= 0.6 is 0 Å². The van der Waals surface area contributed by atoms with E-state index in [-0.39, 0.29) is 37.0 Å². The number of aliphatic hydroxyl groups excluding tert-OH is 1. The number of carbonyl (C=O) groups is 2. The SMILES string of the molecule is C=CCC[C@@H]1CCC[C@]2(CCC[C@H](CCCNC(=O)[C@@H](C)[C@@H](O)CNC(=O)CCOC)O2)O1. The van der Waals surface area contributed by atoms with Gasteiger partial charge in [-0.25, -0.2) is 0 Å². The van der Waals surface area contributed by atoms with Gasteiger partial charge in [-0.15, -0.1) is 6.58 Å². The maximum absolute atomic E-state index is 12.4. The molecule has 0 unspecified atom stereocenters. The predicted molar refractivity (Wildman–Crippen MR) is 127 cm³/mol. The van der Waals surface area contributed by atoms with E-state index in [0.29, 0.717) is 13.2 Å². The molecule has 0 saturated carbocycles. The fourth-order valence-electron chi connectivity index (χ4n) is 4.58. The van der Waals surface area contributed by atoms with Gasteiger partial charge in [0.05, 0.1) is 30.8 Å². The van der Waals surface area contributed by atoms with E-state index in [1.54, 1.807) is 6.92 Å². The Morgan fingerprint density at radius 3 is 2.48 bits per heavy atom. The van der Waals surface area contributed by atoms with Gasteiger partial charge in [-0.2, -0.15) is 0 Å². The molecular weight excluding hydrogens is 424 g/mol. The molecule has 2 aliphatic heterocycles. The molecular formula is C25H44N2O6. The van der Waals surface area contributed by atoms with Gasteiger partial charge in [0.25, 0.3) is 0 Å². The molecule has 0 aromatic heterocycles. The van der Waals surface area contributed by atoms with Crippen molar-refractivity contribution in [1.82, 2.24) is 10.6 Å². The molecule has 0 bridgehead atoms. The second-order valence-corrected chi connectivity index (χ2v) is 9.38. The lowest BCUT2D eigenvalue weighted by molar-refractivity contribution is -0.315. The molecule has 2 saturated heterocycles. The van der Waals surface area contributed by atoms with Crippen LogP contribution in [0.25, 0.3) is 0 Å². The molecule has 2 amide bonds. The maximum atomic E-state index is 12.4. The van der Waals surface area contributed by atoms with Gasteiger partial charge in [-0.1, -0.05) is 13.0 Å². The number of hydrogen-bond donors (Lipinski definition) is 3. The van der Waals surface area contributed by atoms with Gasteiger partial charge in [0.15, 0.2) is 5.79 Å². The maximum Gasteiger partial charge on any atom is 0.225 e. The lowest BCUT2D eigenvalue weighted by atomic mass is 9.91. The van der Waals surface area contributed by atoms with Gasteiger partial charge in [0, 0.05) is 39.5 Å². The van der Waals surface area contributed by atoms with E-state index in [9.17, 15) is 14.7 Å². The van der Waals surface area contributed by atoms with Crippen molar-refractivity contribution in [3.63, 3.8) is 0 Å². The number of allylic oxidation sites excluding steroid dienone is 1. The summed E-state index contributed by atoms with van der Waals surface area (Å²) in [7, 11) is 1.53. The first-order valence-electron chi connectivity index (χ1n) is 12.6. The van der Waals surface area contributed by atoms with E-state index >= 15 is 0 Å². The van der Waals surface area contributed by atoms with Crippen molar-refractivity contribution in [2.24, 2.45) is 5.92 Å². The summed E-state index contributed by atoms with van der Waals surface area (Å²) in [5, 5.41) is 15.7. The van der Waals surface area contributed by atoms with Crippen LogP contribution in [0.3, 0.4) is 0 Å². The fraction of sp³-hybridized carbons (Fsp3) is 0.840. The van der Waals surface area contributed by atoms with Crippen LogP contribution in [0.4, 0.5) is 0 Å². The Balaban J connectivity index is 1.65. The first kappa shape index (κ1) is 27.8. The number of ether oxygens (including phenoxy) is 3. The van der Waals surface area contributed by atoms with Gasteiger partial charge in [-0.05, 0) is 51.4 Å². The highest BCUT2D eigenvalue weighted by Crippen LogP contribution is 2.40. The second-order valence-electron chi connectivity index (χ2n) is 9.38. The summed E-state index contributed by atoms with van der Waals surface area (Å²) in [6.07, 6.45) is 11.6. The summed E-state index contributed by atoms with van der Waals surface area (Å²) >= 11 is 0. The third-order valence-corrected chi connectivity index (χ3v) is 6.66. The summed E-state index contributed by atoms with van der Waals surface area (Å²) in [5.74, 6) is -1.45. The largest absolute Gasteiger partial charge is 0.390 e. The Hall–Kier alpha value is -1.48. The highest BCUT2D eigenvalue weighted by atomic mass is 16.7. The minimum atomic E-state index is -0.935. The van der Waals surface area contributed by atoms with Crippen LogP contribution in [-0.2, 0) is 23.8 Å². The third-order valence-electron chi connectivity index (χ3n) is 6.66. The molecule has 2 fully saturated rings. The van der Waals surface area contributed by atoms with Crippen LogP contribution in [0.2, 0.25) is 0 Å². The summed E-state index contributed by atoms with van der Waals surface area (Å²) < 4.78 is 17.7. The molecule has 2 aliphatic rings. The van der Waals surface area contributed by atoms with Crippen LogP contribution < -0.4 is 10.6 Å². The zero-order valence-electron chi connectivity index (χ0n) is 20.5. The van der Waals surface area contributed by atoms with Crippen LogP contribution in [0.1, 0.15) is 77.6 Å². The Labute approximate surface area is 198 Å². The van der Waals surface area contributed by atoms with E-state index in [1.807, 2.05) is 6.08 Å². The van der Waals surface area contributed by atoms with Crippen LogP contribution in [0.5, 0.6) is 0 Å². The zero-order chi connectivity index (χ0) is 24.1. The molecule has 5 atom stereocenters. The van der Waals surface area contributed by atoms with Crippen molar-refractivity contribution in [1.29, 1.82) is 0 Å². The Morgan fingerprint density at radius 2 is 1.85 bits per heavy atom. The second kappa shape index (κ2) is 14.7. The molecule has 0 aromatic rings. The predicted octanol–water partition coefficient (Wildman–Crippen LogP) is 2.83. The van der Waals surface area contributed by atoms with Gasteiger partial charge >= 0.3 is 0 Å². The minimum Gasteiger partial charge on any atom is -0.390 e. The average molecular weight is 469 g/mol.